The van der Waals surface area contributed by atoms with Crippen LogP contribution in [0, 0.1) is 0 Å². The highest BCUT2D eigenvalue weighted by Crippen LogP contribution is 2.12. The second kappa shape index (κ2) is 6.02. The molecule has 0 saturated carbocycles. The van der Waals surface area contributed by atoms with Gasteiger partial charge in [-0.3, -0.25) is 4.79 Å². The number of nitrogens with zero attached hydrogens (tertiary/aromatic N) is 1. The number of esters is 2. The quantitative estimate of drug-likeness (QED) is 0.747. The van der Waals surface area contributed by atoms with Crippen molar-refractivity contribution in [2.45, 2.75) is 6.42 Å². The first-order valence-electron chi connectivity index (χ1n) is 4.44. The molecule has 0 unspecified atom stereocenters. The van der Waals surface area contributed by atoms with Gasteiger partial charge in [-0.2, -0.15) is 0 Å². The van der Waals surface area contributed by atoms with Gasteiger partial charge in [0.25, 0.3) is 0 Å². The van der Waals surface area contributed by atoms with E-state index in [-0.39, 0.29) is 18.1 Å². The summed E-state index contributed by atoms with van der Waals surface area (Å²) in [6.45, 7) is 0. The molecule has 1 rings (SSSR count). The molecule has 0 aliphatic carbocycles. The summed E-state index contributed by atoms with van der Waals surface area (Å²) in [5.74, 6) is -0.787. The first-order chi connectivity index (χ1) is 7.67. The topological polar surface area (TPSA) is 65.5 Å². The van der Waals surface area contributed by atoms with E-state index in [1.54, 1.807) is 17.5 Å². The van der Waals surface area contributed by atoms with E-state index < -0.39 is 5.97 Å². The highest BCUT2D eigenvalue weighted by atomic mass is 32.1. The Morgan fingerprint density at radius 3 is 2.81 bits per heavy atom. The molecule has 0 saturated heterocycles. The van der Waals surface area contributed by atoms with E-state index >= 15 is 0 Å². The van der Waals surface area contributed by atoms with Gasteiger partial charge < -0.3 is 9.47 Å². The predicted molar refractivity (Wildman–Crippen MR) is 59.1 cm³/mol. The van der Waals surface area contributed by atoms with Crippen molar-refractivity contribution in [1.82, 2.24) is 4.98 Å². The zero-order chi connectivity index (χ0) is 12.0. The zero-order valence-corrected chi connectivity index (χ0v) is 9.74. The van der Waals surface area contributed by atoms with Crippen LogP contribution in [0.2, 0.25) is 0 Å². The van der Waals surface area contributed by atoms with E-state index in [2.05, 4.69) is 14.5 Å². The van der Waals surface area contributed by atoms with Crippen LogP contribution in [0.4, 0.5) is 0 Å². The molecule has 1 aromatic heterocycles. The number of ether oxygens (including phenoxy) is 2. The number of carbonyl (C=O) groups is 2. The lowest BCUT2D eigenvalue weighted by atomic mass is 10.4. The maximum Gasteiger partial charge on any atom is 0.357 e. The molecule has 0 atom stereocenters. The van der Waals surface area contributed by atoms with Gasteiger partial charge in [0.2, 0.25) is 0 Å². The highest BCUT2D eigenvalue weighted by Gasteiger charge is 2.08. The lowest BCUT2D eigenvalue weighted by Crippen LogP contribution is -2.00. The Kier molecular flexibility index (Phi) is 4.65. The van der Waals surface area contributed by atoms with E-state index in [1.807, 2.05) is 0 Å². The van der Waals surface area contributed by atoms with E-state index in [9.17, 15) is 9.59 Å². The minimum atomic E-state index is -0.469. The van der Waals surface area contributed by atoms with E-state index in [4.69, 9.17) is 0 Å². The SMILES string of the molecule is COC(=O)CC=Cc1nc(C(=O)OC)cs1. The third kappa shape index (κ3) is 3.47. The van der Waals surface area contributed by atoms with E-state index in [0.717, 1.165) is 0 Å². The zero-order valence-electron chi connectivity index (χ0n) is 8.93. The summed E-state index contributed by atoms with van der Waals surface area (Å²) in [5.41, 5.74) is 0.269. The van der Waals surface area contributed by atoms with Crippen LogP contribution in [0.25, 0.3) is 6.08 Å². The van der Waals surface area contributed by atoms with Crippen LogP contribution in [0.1, 0.15) is 21.9 Å². The van der Waals surface area contributed by atoms with Gasteiger partial charge in [-0.05, 0) is 6.08 Å². The number of hydrogen-bond acceptors (Lipinski definition) is 6. The molecule has 1 aromatic rings. The number of methoxy groups -OCH3 is 2. The minimum absolute atomic E-state index is 0.184. The lowest BCUT2D eigenvalue weighted by Gasteiger charge is -1.91. The van der Waals surface area contributed by atoms with Crippen molar-refractivity contribution in [2.75, 3.05) is 14.2 Å². The average molecular weight is 241 g/mol. The first kappa shape index (κ1) is 12.4. The molecule has 0 amide bonds. The largest absolute Gasteiger partial charge is 0.469 e. The van der Waals surface area contributed by atoms with Crippen molar-refractivity contribution in [3.8, 4) is 0 Å². The molecule has 0 N–H and O–H groups in total. The molecule has 0 radical (unpaired) electrons. The molecule has 0 aliphatic heterocycles. The third-order valence-electron chi connectivity index (χ3n) is 1.69. The maximum absolute atomic E-state index is 11.1. The van der Waals surface area contributed by atoms with Crippen LogP contribution in [-0.2, 0) is 14.3 Å². The van der Waals surface area contributed by atoms with Gasteiger partial charge in [0.05, 0.1) is 20.6 Å². The molecule has 0 aliphatic rings. The maximum atomic E-state index is 11.1. The van der Waals surface area contributed by atoms with Crippen LogP contribution in [0.3, 0.4) is 0 Å². The fourth-order valence-corrected chi connectivity index (χ4v) is 1.61. The Labute approximate surface area is 96.7 Å². The molecule has 6 heteroatoms. The second-order valence-electron chi connectivity index (χ2n) is 2.75. The van der Waals surface area contributed by atoms with Crippen molar-refractivity contribution in [1.29, 1.82) is 0 Å². The van der Waals surface area contributed by atoms with Crippen molar-refractivity contribution in [2.24, 2.45) is 0 Å². The van der Waals surface area contributed by atoms with Crippen LogP contribution in [0.5, 0.6) is 0 Å². The van der Waals surface area contributed by atoms with Crippen LogP contribution in [-0.4, -0.2) is 31.1 Å². The Hall–Kier alpha value is -1.69. The van der Waals surface area contributed by atoms with Gasteiger partial charge in [-0.1, -0.05) is 6.08 Å². The lowest BCUT2D eigenvalue weighted by molar-refractivity contribution is -0.139. The monoisotopic (exact) mass is 241 g/mol. The van der Waals surface area contributed by atoms with Crippen LogP contribution >= 0.6 is 11.3 Å². The van der Waals surface area contributed by atoms with Crippen molar-refractivity contribution in [3.63, 3.8) is 0 Å². The number of carbonyl (C=O) groups excluding carboxylic acids is 2. The van der Waals surface area contributed by atoms with E-state index in [1.165, 1.54) is 25.6 Å². The van der Waals surface area contributed by atoms with Gasteiger partial charge in [-0.15, -0.1) is 11.3 Å². The third-order valence-corrected chi connectivity index (χ3v) is 2.50. The number of hydrogen-bond donors (Lipinski definition) is 0. The summed E-state index contributed by atoms with van der Waals surface area (Å²) < 4.78 is 8.98. The molecule has 0 fully saturated rings. The number of thiazole rings is 1. The molecule has 86 valence electrons. The summed E-state index contributed by atoms with van der Waals surface area (Å²) >= 11 is 1.30. The second-order valence-corrected chi connectivity index (χ2v) is 3.63. The average Bonchev–Trinajstić information content (AvgIpc) is 2.76. The fraction of sp³-hybridized carbons (Fsp3) is 0.300. The molecule has 0 bridgehead atoms. The van der Waals surface area contributed by atoms with Gasteiger partial charge in [0, 0.05) is 5.38 Å². The molecule has 1 heterocycles. The Balaban J connectivity index is 2.58. The van der Waals surface area contributed by atoms with Crippen molar-refractivity contribution in [3.05, 3.63) is 22.2 Å². The smallest absolute Gasteiger partial charge is 0.357 e. The van der Waals surface area contributed by atoms with Gasteiger partial charge >= 0.3 is 11.9 Å². The van der Waals surface area contributed by atoms with Gasteiger partial charge in [0.1, 0.15) is 5.01 Å². The summed E-state index contributed by atoms with van der Waals surface area (Å²) in [6.07, 6.45) is 3.48. The van der Waals surface area contributed by atoms with Crippen molar-refractivity contribution < 1.29 is 19.1 Å². The summed E-state index contributed by atoms with van der Waals surface area (Å²) in [6, 6.07) is 0. The standard InChI is InChI=1S/C10H11NO4S/c1-14-9(12)5-3-4-8-11-7(6-16-8)10(13)15-2/h3-4,6H,5H2,1-2H3. The van der Waals surface area contributed by atoms with Gasteiger partial charge in [-0.25, -0.2) is 9.78 Å². The highest BCUT2D eigenvalue weighted by molar-refractivity contribution is 7.10. The fourth-order valence-electron chi connectivity index (χ4n) is 0.902. The van der Waals surface area contributed by atoms with Crippen LogP contribution in [0.15, 0.2) is 11.5 Å². The van der Waals surface area contributed by atoms with Crippen LogP contribution < -0.4 is 0 Å². The van der Waals surface area contributed by atoms with Gasteiger partial charge in [0.15, 0.2) is 5.69 Å². The normalized spacial score (nSPS) is 10.4. The number of aromatic nitrogens is 1. The Morgan fingerprint density at radius 1 is 1.44 bits per heavy atom. The van der Waals surface area contributed by atoms with Crippen molar-refractivity contribution >= 4 is 29.4 Å². The molecular formula is C10H11NO4S. The molecular weight excluding hydrogens is 230 g/mol. The first-order valence-corrected chi connectivity index (χ1v) is 5.32. The Bertz CT molecular complexity index is 411. The summed E-state index contributed by atoms with van der Waals surface area (Å²) in [5, 5.41) is 2.24. The predicted octanol–water partition coefficient (Wildman–Crippen LogP) is 1.51. The molecule has 0 aromatic carbocycles. The molecule has 16 heavy (non-hydrogen) atoms. The Morgan fingerprint density at radius 2 is 2.19 bits per heavy atom. The molecule has 5 nitrogen and oxygen atoms in total. The summed E-state index contributed by atoms with van der Waals surface area (Å²) in [7, 11) is 2.63. The minimum Gasteiger partial charge on any atom is -0.469 e. The molecule has 0 spiro atoms. The number of rotatable bonds is 4. The summed E-state index contributed by atoms with van der Waals surface area (Å²) in [4.78, 5) is 25.9. The van der Waals surface area contributed by atoms with E-state index in [0.29, 0.717) is 5.01 Å².